The normalized spacial score (nSPS) is 13.4. The van der Waals surface area contributed by atoms with Gasteiger partial charge >= 0.3 is 0 Å². The van der Waals surface area contributed by atoms with E-state index in [1.54, 1.807) is 41.7 Å². The molecule has 0 spiro atoms. The number of pyridine rings is 1. The van der Waals surface area contributed by atoms with Gasteiger partial charge in [0.2, 0.25) is 0 Å². The SMILES string of the molecule is CC(C)(C)[C@@H](Cn1ccnc1)n1cnc2ncccc2c1=O. The Morgan fingerprint density at radius 1 is 1.18 bits per heavy atom. The van der Waals surface area contributed by atoms with Gasteiger partial charge in [-0.2, -0.15) is 0 Å². The van der Waals surface area contributed by atoms with Crippen LogP contribution in [0.2, 0.25) is 0 Å². The fourth-order valence-corrected chi connectivity index (χ4v) is 2.57. The molecule has 0 unspecified atom stereocenters. The van der Waals surface area contributed by atoms with Gasteiger partial charge in [0, 0.05) is 25.1 Å². The van der Waals surface area contributed by atoms with Crippen molar-refractivity contribution in [2.45, 2.75) is 33.4 Å². The highest BCUT2D eigenvalue weighted by Gasteiger charge is 2.28. The molecule has 0 aliphatic heterocycles. The van der Waals surface area contributed by atoms with Crippen LogP contribution in [0, 0.1) is 5.41 Å². The third kappa shape index (κ3) is 2.64. The first-order chi connectivity index (χ1) is 10.5. The molecule has 114 valence electrons. The monoisotopic (exact) mass is 297 g/mol. The maximum atomic E-state index is 12.8. The van der Waals surface area contributed by atoms with E-state index >= 15 is 0 Å². The second-order valence-electron chi connectivity index (χ2n) is 6.47. The van der Waals surface area contributed by atoms with Crippen LogP contribution in [0.1, 0.15) is 26.8 Å². The van der Waals surface area contributed by atoms with E-state index in [1.165, 1.54) is 0 Å². The molecule has 0 aromatic carbocycles. The molecule has 0 saturated carbocycles. The van der Waals surface area contributed by atoms with Gasteiger partial charge in [-0.05, 0) is 17.5 Å². The number of rotatable bonds is 3. The Morgan fingerprint density at radius 3 is 2.68 bits per heavy atom. The highest BCUT2D eigenvalue weighted by Crippen LogP contribution is 2.31. The molecule has 0 radical (unpaired) electrons. The smallest absolute Gasteiger partial charge is 0.263 e. The Morgan fingerprint density at radius 2 is 2.00 bits per heavy atom. The minimum atomic E-state index is -0.105. The summed E-state index contributed by atoms with van der Waals surface area (Å²) in [5, 5.41) is 0.546. The van der Waals surface area contributed by atoms with Gasteiger partial charge in [-0.3, -0.25) is 9.36 Å². The van der Waals surface area contributed by atoms with Crippen LogP contribution in [0.4, 0.5) is 0 Å². The van der Waals surface area contributed by atoms with Crippen molar-refractivity contribution in [3.8, 4) is 0 Å². The summed E-state index contributed by atoms with van der Waals surface area (Å²) in [5.74, 6) is 0. The zero-order valence-corrected chi connectivity index (χ0v) is 13.0. The van der Waals surface area contributed by atoms with Crippen LogP contribution < -0.4 is 5.56 Å². The van der Waals surface area contributed by atoms with Gasteiger partial charge < -0.3 is 4.57 Å². The zero-order valence-electron chi connectivity index (χ0n) is 13.0. The van der Waals surface area contributed by atoms with Crippen molar-refractivity contribution >= 4 is 11.0 Å². The average Bonchev–Trinajstić information content (AvgIpc) is 2.98. The van der Waals surface area contributed by atoms with Crippen LogP contribution in [0.3, 0.4) is 0 Å². The predicted molar refractivity (Wildman–Crippen MR) is 84.5 cm³/mol. The van der Waals surface area contributed by atoms with Crippen molar-refractivity contribution in [1.82, 2.24) is 24.1 Å². The Kier molecular flexibility index (Phi) is 3.52. The summed E-state index contributed by atoms with van der Waals surface area (Å²) in [5.41, 5.74) is 0.322. The number of aromatic nitrogens is 5. The summed E-state index contributed by atoms with van der Waals surface area (Å²) in [6.45, 7) is 7.02. The second kappa shape index (κ2) is 5.36. The van der Waals surface area contributed by atoms with E-state index in [9.17, 15) is 4.79 Å². The lowest BCUT2D eigenvalue weighted by atomic mass is 9.86. The topological polar surface area (TPSA) is 65.6 Å². The van der Waals surface area contributed by atoms with Crippen molar-refractivity contribution in [3.05, 3.63) is 53.7 Å². The Balaban J connectivity index is 2.12. The molecular formula is C16H19N5O. The van der Waals surface area contributed by atoms with Crippen molar-refractivity contribution in [3.63, 3.8) is 0 Å². The van der Waals surface area contributed by atoms with Gasteiger partial charge in [-0.25, -0.2) is 15.0 Å². The molecule has 0 N–H and O–H groups in total. The quantitative estimate of drug-likeness (QED) is 0.744. The van der Waals surface area contributed by atoms with Crippen molar-refractivity contribution < 1.29 is 0 Å². The van der Waals surface area contributed by atoms with E-state index in [1.807, 2.05) is 10.8 Å². The standard InChI is InChI=1S/C16H19N5O/c1-16(2,3)13(9-20-8-7-17-10-20)21-11-19-14-12(15(21)22)5-4-6-18-14/h4-8,10-11,13H,9H2,1-3H3/t13-/m1/s1. The number of hydrogen-bond acceptors (Lipinski definition) is 4. The summed E-state index contributed by atoms with van der Waals surface area (Å²) < 4.78 is 3.69. The molecule has 0 amide bonds. The molecule has 3 rings (SSSR count). The molecular weight excluding hydrogens is 278 g/mol. The van der Waals surface area contributed by atoms with E-state index in [-0.39, 0.29) is 17.0 Å². The fourth-order valence-electron chi connectivity index (χ4n) is 2.57. The zero-order chi connectivity index (χ0) is 15.7. The summed E-state index contributed by atoms with van der Waals surface area (Å²) >= 11 is 0. The van der Waals surface area contributed by atoms with Crippen molar-refractivity contribution in [2.24, 2.45) is 5.41 Å². The number of nitrogens with zero attached hydrogens (tertiary/aromatic N) is 5. The summed E-state index contributed by atoms with van der Waals surface area (Å²) in [4.78, 5) is 25.3. The molecule has 6 heteroatoms. The Bertz CT molecular complexity index is 830. The molecule has 0 bridgehead atoms. The van der Waals surface area contributed by atoms with E-state index in [0.717, 1.165) is 0 Å². The molecule has 0 aliphatic carbocycles. The predicted octanol–water partition coefficient (Wildman–Crippen LogP) is 2.28. The molecule has 6 nitrogen and oxygen atoms in total. The van der Waals surface area contributed by atoms with Crippen LogP contribution in [-0.2, 0) is 6.54 Å². The van der Waals surface area contributed by atoms with Crippen LogP contribution in [0.25, 0.3) is 11.0 Å². The number of imidazole rings is 1. The van der Waals surface area contributed by atoms with Gasteiger partial charge in [0.05, 0.1) is 17.8 Å². The minimum Gasteiger partial charge on any atom is -0.335 e. The molecule has 22 heavy (non-hydrogen) atoms. The molecule has 3 heterocycles. The maximum Gasteiger partial charge on any atom is 0.263 e. The minimum absolute atomic E-state index is 0.0358. The fraction of sp³-hybridized carbons (Fsp3) is 0.375. The molecule has 3 aromatic heterocycles. The highest BCUT2D eigenvalue weighted by molar-refractivity contribution is 5.72. The van der Waals surface area contributed by atoms with Crippen LogP contribution in [0.15, 0.2) is 48.2 Å². The largest absolute Gasteiger partial charge is 0.335 e. The molecule has 3 aromatic rings. The van der Waals surface area contributed by atoms with E-state index < -0.39 is 0 Å². The lowest BCUT2D eigenvalue weighted by Crippen LogP contribution is -2.35. The first-order valence-electron chi connectivity index (χ1n) is 7.24. The Labute approximate surface area is 128 Å². The second-order valence-corrected chi connectivity index (χ2v) is 6.47. The van der Waals surface area contributed by atoms with E-state index in [4.69, 9.17) is 0 Å². The molecule has 0 fully saturated rings. The van der Waals surface area contributed by atoms with Crippen LogP contribution in [0.5, 0.6) is 0 Å². The first kappa shape index (κ1) is 14.4. The lowest BCUT2D eigenvalue weighted by molar-refractivity contribution is 0.210. The number of fused-ring (bicyclic) bond motifs is 1. The summed E-state index contributed by atoms with van der Waals surface area (Å²) in [6.07, 6.45) is 8.65. The first-order valence-corrected chi connectivity index (χ1v) is 7.24. The summed E-state index contributed by atoms with van der Waals surface area (Å²) in [7, 11) is 0. The third-order valence-electron chi connectivity index (χ3n) is 3.83. The highest BCUT2D eigenvalue weighted by atomic mass is 16.1. The van der Waals surface area contributed by atoms with Crippen LogP contribution in [-0.4, -0.2) is 24.1 Å². The van der Waals surface area contributed by atoms with Gasteiger partial charge in [-0.1, -0.05) is 20.8 Å². The Hall–Kier alpha value is -2.50. The lowest BCUT2D eigenvalue weighted by Gasteiger charge is -2.32. The van der Waals surface area contributed by atoms with Gasteiger partial charge in [0.1, 0.15) is 6.33 Å². The molecule has 0 saturated heterocycles. The summed E-state index contributed by atoms with van der Waals surface area (Å²) in [6, 6.07) is 3.49. The molecule has 1 atom stereocenters. The maximum absolute atomic E-state index is 12.8. The van der Waals surface area contributed by atoms with Gasteiger partial charge in [0.25, 0.3) is 5.56 Å². The van der Waals surface area contributed by atoms with Gasteiger partial charge in [0.15, 0.2) is 5.65 Å². The van der Waals surface area contributed by atoms with E-state index in [2.05, 4.69) is 35.7 Å². The van der Waals surface area contributed by atoms with E-state index in [0.29, 0.717) is 17.6 Å². The van der Waals surface area contributed by atoms with Crippen molar-refractivity contribution in [1.29, 1.82) is 0 Å². The average molecular weight is 297 g/mol. The van der Waals surface area contributed by atoms with Gasteiger partial charge in [-0.15, -0.1) is 0 Å². The molecule has 0 aliphatic rings. The number of hydrogen-bond donors (Lipinski definition) is 0. The van der Waals surface area contributed by atoms with Crippen LogP contribution >= 0.6 is 0 Å². The van der Waals surface area contributed by atoms with Crippen molar-refractivity contribution in [2.75, 3.05) is 0 Å². The third-order valence-corrected chi connectivity index (χ3v) is 3.83.